The minimum absolute atomic E-state index is 0.0371. The Hall–Kier alpha value is -2.83. The average molecular weight is 342 g/mol. The van der Waals surface area contributed by atoms with E-state index >= 15 is 0 Å². The lowest BCUT2D eigenvalue weighted by Crippen LogP contribution is -2.33. The van der Waals surface area contributed by atoms with Crippen molar-refractivity contribution in [3.8, 4) is 5.75 Å². The Labute approximate surface area is 146 Å². The van der Waals surface area contributed by atoms with Gasteiger partial charge in [0.2, 0.25) is 11.8 Å². The quantitative estimate of drug-likeness (QED) is 0.773. The Morgan fingerprint density at radius 3 is 3.04 bits per heavy atom. The van der Waals surface area contributed by atoms with Crippen molar-refractivity contribution in [3.05, 3.63) is 42.7 Å². The number of nitrogens with one attached hydrogen (secondary N) is 1. The van der Waals surface area contributed by atoms with Gasteiger partial charge in [-0.1, -0.05) is 6.07 Å². The van der Waals surface area contributed by atoms with E-state index in [1.54, 1.807) is 18.2 Å². The molecule has 0 spiro atoms. The number of benzene rings is 1. The predicted molar refractivity (Wildman–Crippen MR) is 93.3 cm³/mol. The monoisotopic (exact) mass is 342 g/mol. The van der Waals surface area contributed by atoms with Crippen LogP contribution in [0.25, 0.3) is 0 Å². The lowest BCUT2D eigenvalue weighted by molar-refractivity contribution is -0.126. The molecule has 1 aromatic carbocycles. The number of anilines is 1. The zero-order valence-electron chi connectivity index (χ0n) is 14.2. The normalized spacial score (nSPS) is 16.9. The standard InChI is InChI=1S/C18H22N4O3/c1-25-16-6-2-5-15(12-16)22-13-14(11-17(22)23)18(24)19-7-3-9-21-10-4-8-20-21/h2,4-6,8,10,12,14H,3,7,9,11,13H2,1H3,(H,19,24)/t14-/m1/s1. The van der Waals surface area contributed by atoms with Gasteiger partial charge in [-0.25, -0.2) is 0 Å². The van der Waals surface area contributed by atoms with Crippen LogP contribution in [0.3, 0.4) is 0 Å². The van der Waals surface area contributed by atoms with Gasteiger partial charge in [0.15, 0.2) is 0 Å². The van der Waals surface area contributed by atoms with Crippen molar-refractivity contribution in [2.24, 2.45) is 5.92 Å². The summed E-state index contributed by atoms with van der Waals surface area (Å²) in [6.07, 6.45) is 4.66. The van der Waals surface area contributed by atoms with E-state index in [9.17, 15) is 9.59 Å². The van der Waals surface area contributed by atoms with Gasteiger partial charge < -0.3 is 15.0 Å². The SMILES string of the molecule is COc1cccc(N2C[C@H](C(=O)NCCCn3cccn3)CC2=O)c1. The van der Waals surface area contributed by atoms with E-state index in [2.05, 4.69) is 10.4 Å². The van der Waals surface area contributed by atoms with E-state index in [0.29, 0.717) is 18.8 Å². The largest absolute Gasteiger partial charge is 0.497 e. The van der Waals surface area contributed by atoms with Crippen LogP contribution in [0.4, 0.5) is 5.69 Å². The molecule has 3 rings (SSSR count). The summed E-state index contributed by atoms with van der Waals surface area (Å²) in [6.45, 7) is 1.73. The molecular formula is C18H22N4O3. The summed E-state index contributed by atoms with van der Waals surface area (Å²) in [5, 5.41) is 7.04. The fourth-order valence-corrected chi connectivity index (χ4v) is 2.94. The minimum Gasteiger partial charge on any atom is -0.497 e. The summed E-state index contributed by atoms with van der Waals surface area (Å²) < 4.78 is 7.02. The second kappa shape index (κ2) is 7.83. The second-order valence-electron chi connectivity index (χ2n) is 6.02. The number of carbonyl (C=O) groups is 2. The van der Waals surface area contributed by atoms with Gasteiger partial charge in [-0.05, 0) is 24.6 Å². The molecule has 2 aromatic rings. The first-order valence-electron chi connectivity index (χ1n) is 8.37. The molecule has 0 saturated carbocycles. The van der Waals surface area contributed by atoms with Crippen molar-refractivity contribution in [2.45, 2.75) is 19.4 Å². The molecule has 0 bridgehead atoms. The van der Waals surface area contributed by atoms with E-state index in [0.717, 1.165) is 18.7 Å². The lowest BCUT2D eigenvalue weighted by Gasteiger charge is -2.17. The van der Waals surface area contributed by atoms with E-state index in [1.165, 1.54) is 0 Å². The number of aromatic nitrogens is 2. The van der Waals surface area contributed by atoms with Gasteiger partial charge in [0, 0.05) is 50.2 Å². The fourth-order valence-electron chi connectivity index (χ4n) is 2.94. The Morgan fingerprint density at radius 1 is 1.40 bits per heavy atom. The Kier molecular flexibility index (Phi) is 5.33. The molecule has 132 valence electrons. The summed E-state index contributed by atoms with van der Waals surface area (Å²) in [4.78, 5) is 26.2. The molecule has 7 nitrogen and oxygen atoms in total. The van der Waals surface area contributed by atoms with E-state index in [4.69, 9.17) is 4.74 Å². The van der Waals surface area contributed by atoms with Crippen LogP contribution in [0.15, 0.2) is 42.7 Å². The number of methoxy groups -OCH3 is 1. The molecule has 2 heterocycles. The number of hydrogen-bond acceptors (Lipinski definition) is 4. The second-order valence-corrected chi connectivity index (χ2v) is 6.02. The van der Waals surface area contributed by atoms with Gasteiger partial charge in [-0.2, -0.15) is 5.10 Å². The molecular weight excluding hydrogens is 320 g/mol. The highest BCUT2D eigenvalue weighted by Gasteiger charge is 2.35. The Bertz CT molecular complexity index is 730. The number of aryl methyl sites for hydroxylation is 1. The number of carbonyl (C=O) groups excluding carboxylic acids is 2. The van der Waals surface area contributed by atoms with Crippen molar-refractivity contribution >= 4 is 17.5 Å². The molecule has 1 fully saturated rings. The summed E-state index contributed by atoms with van der Waals surface area (Å²) in [7, 11) is 1.59. The first kappa shape index (κ1) is 17.0. The van der Waals surface area contributed by atoms with Crippen LogP contribution in [-0.4, -0.2) is 41.8 Å². The van der Waals surface area contributed by atoms with E-state index in [1.807, 2.05) is 41.2 Å². The Morgan fingerprint density at radius 2 is 2.28 bits per heavy atom. The first-order chi connectivity index (χ1) is 12.2. The van der Waals surface area contributed by atoms with Gasteiger partial charge in [0.05, 0.1) is 13.0 Å². The van der Waals surface area contributed by atoms with Crippen molar-refractivity contribution in [2.75, 3.05) is 25.1 Å². The maximum Gasteiger partial charge on any atom is 0.227 e. The van der Waals surface area contributed by atoms with E-state index in [-0.39, 0.29) is 24.2 Å². The number of ether oxygens (including phenoxy) is 1. The van der Waals surface area contributed by atoms with Gasteiger partial charge in [-0.3, -0.25) is 14.3 Å². The molecule has 2 amide bonds. The number of nitrogens with zero attached hydrogens (tertiary/aromatic N) is 3. The highest BCUT2D eigenvalue weighted by atomic mass is 16.5. The topological polar surface area (TPSA) is 76.5 Å². The van der Waals surface area contributed by atoms with Gasteiger partial charge in [0.25, 0.3) is 0 Å². The molecule has 25 heavy (non-hydrogen) atoms. The van der Waals surface area contributed by atoms with Crippen molar-refractivity contribution in [3.63, 3.8) is 0 Å². The Balaban J connectivity index is 1.50. The number of amides is 2. The van der Waals surface area contributed by atoms with Crippen LogP contribution in [-0.2, 0) is 16.1 Å². The van der Waals surface area contributed by atoms with Crippen LogP contribution in [0.1, 0.15) is 12.8 Å². The zero-order chi connectivity index (χ0) is 17.6. The minimum atomic E-state index is -0.316. The maximum absolute atomic E-state index is 12.3. The highest BCUT2D eigenvalue weighted by molar-refractivity contribution is 6.00. The molecule has 1 aromatic heterocycles. The highest BCUT2D eigenvalue weighted by Crippen LogP contribution is 2.27. The first-order valence-corrected chi connectivity index (χ1v) is 8.37. The molecule has 1 aliphatic heterocycles. The molecule has 0 radical (unpaired) electrons. The predicted octanol–water partition coefficient (Wildman–Crippen LogP) is 1.45. The van der Waals surface area contributed by atoms with Gasteiger partial charge in [0.1, 0.15) is 5.75 Å². The van der Waals surface area contributed by atoms with Crippen molar-refractivity contribution in [1.29, 1.82) is 0 Å². The molecule has 7 heteroatoms. The third-order valence-corrected chi connectivity index (χ3v) is 4.28. The van der Waals surface area contributed by atoms with Crippen LogP contribution in [0.5, 0.6) is 5.75 Å². The average Bonchev–Trinajstić information content (AvgIpc) is 3.28. The lowest BCUT2D eigenvalue weighted by atomic mass is 10.1. The van der Waals surface area contributed by atoms with E-state index < -0.39 is 0 Å². The van der Waals surface area contributed by atoms with Gasteiger partial charge >= 0.3 is 0 Å². The number of hydrogen-bond donors (Lipinski definition) is 1. The molecule has 0 aliphatic carbocycles. The fraction of sp³-hybridized carbons (Fsp3) is 0.389. The smallest absolute Gasteiger partial charge is 0.227 e. The van der Waals surface area contributed by atoms with Crippen LogP contribution in [0, 0.1) is 5.92 Å². The van der Waals surface area contributed by atoms with Crippen LogP contribution >= 0.6 is 0 Å². The molecule has 1 atom stereocenters. The maximum atomic E-state index is 12.3. The van der Waals surface area contributed by atoms with Crippen LogP contribution < -0.4 is 15.0 Å². The number of rotatable bonds is 7. The van der Waals surface area contributed by atoms with Crippen LogP contribution in [0.2, 0.25) is 0 Å². The molecule has 1 aliphatic rings. The molecule has 1 N–H and O–H groups in total. The summed E-state index contributed by atoms with van der Waals surface area (Å²) in [5.41, 5.74) is 0.762. The van der Waals surface area contributed by atoms with Crippen molar-refractivity contribution in [1.82, 2.24) is 15.1 Å². The van der Waals surface area contributed by atoms with Crippen molar-refractivity contribution < 1.29 is 14.3 Å². The zero-order valence-corrected chi connectivity index (χ0v) is 14.2. The third kappa shape index (κ3) is 4.17. The molecule has 0 unspecified atom stereocenters. The third-order valence-electron chi connectivity index (χ3n) is 4.28. The molecule has 1 saturated heterocycles. The van der Waals surface area contributed by atoms with Gasteiger partial charge in [-0.15, -0.1) is 0 Å². The summed E-state index contributed by atoms with van der Waals surface area (Å²) in [6, 6.07) is 9.20. The summed E-state index contributed by atoms with van der Waals surface area (Å²) >= 11 is 0. The summed E-state index contributed by atoms with van der Waals surface area (Å²) in [5.74, 6) is 0.268.